The summed E-state index contributed by atoms with van der Waals surface area (Å²) in [7, 11) is 1.59. The lowest BCUT2D eigenvalue weighted by Gasteiger charge is -2.37. The van der Waals surface area contributed by atoms with Crippen molar-refractivity contribution in [3.05, 3.63) is 23.2 Å². The number of furan rings is 1. The first-order valence-corrected chi connectivity index (χ1v) is 5.74. The van der Waals surface area contributed by atoms with Gasteiger partial charge in [-0.1, -0.05) is 6.92 Å². The summed E-state index contributed by atoms with van der Waals surface area (Å²) in [5.41, 5.74) is 0.0599. The second-order valence-corrected chi connectivity index (χ2v) is 4.17. The van der Waals surface area contributed by atoms with Crippen LogP contribution in [-0.4, -0.2) is 48.2 Å². The van der Waals surface area contributed by atoms with E-state index in [4.69, 9.17) is 14.3 Å². The molecule has 1 fully saturated rings. The number of likely N-dealkylation sites (tertiary alicyclic amines) is 1. The second-order valence-electron chi connectivity index (χ2n) is 4.17. The van der Waals surface area contributed by atoms with Crippen LogP contribution in [0.15, 0.2) is 10.5 Å². The molecular weight excluding hydrogens is 238 g/mol. The number of carboxylic acids is 1. The number of carboxylic acid groups (broad SMARTS) is 1. The maximum atomic E-state index is 12.0. The van der Waals surface area contributed by atoms with Crippen molar-refractivity contribution in [1.29, 1.82) is 0 Å². The Morgan fingerprint density at radius 3 is 2.67 bits per heavy atom. The van der Waals surface area contributed by atoms with E-state index in [1.807, 2.05) is 0 Å². The highest BCUT2D eigenvalue weighted by atomic mass is 16.5. The maximum Gasteiger partial charge on any atom is 0.339 e. The van der Waals surface area contributed by atoms with Crippen LogP contribution in [0.1, 0.15) is 33.6 Å². The van der Waals surface area contributed by atoms with E-state index in [9.17, 15) is 9.59 Å². The van der Waals surface area contributed by atoms with Crippen molar-refractivity contribution in [3.8, 4) is 0 Å². The van der Waals surface area contributed by atoms with Gasteiger partial charge in [0.15, 0.2) is 5.76 Å². The molecule has 0 spiro atoms. The minimum absolute atomic E-state index is 0.0599. The van der Waals surface area contributed by atoms with E-state index in [2.05, 4.69) is 0 Å². The monoisotopic (exact) mass is 253 g/mol. The highest BCUT2D eigenvalue weighted by Crippen LogP contribution is 2.21. The number of aryl methyl sites for hydroxylation is 1. The first-order valence-electron chi connectivity index (χ1n) is 5.74. The van der Waals surface area contributed by atoms with Gasteiger partial charge < -0.3 is 19.2 Å². The molecule has 6 nitrogen and oxygen atoms in total. The van der Waals surface area contributed by atoms with Crippen LogP contribution >= 0.6 is 0 Å². The molecule has 2 heterocycles. The van der Waals surface area contributed by atoms with Crippen LogP contribution in [0.25, 0.3) is 0 Å². The van der Waals surface area contributed by atoms with Crippen LogP contribution in [0.5, 0.6) is 0 Å². The summed E-state index contributed by atoms with van der Waals surface area (Å²) < 4.78 is 10.4. The fraction of sp³-hybridized carbons (Fsp3) is 0.500. The molecule has 0 atom stereocenters. The van der Waals surface area contributed by atoms with Crippen molar-refractivity contribution in [1.82, 2.24) is 4.90 Å². The number of amides is 1. The smallest absolute Gasteiger partial charge is 0.339 e. The molecule has 0 aromatic carbocycles. The molecule has 2 rings (SSSR count). The largest absolute Gasteiger partial charge is 0.478 e. The van der Waals surface area contributed by atoms with Gasteiger partial charge in [0.1, 0.15) is 11.3 Å². The number of hydrogen-bond acceptors (Lipinski definition) is 4. The maximum absolute atomic E-state index is 12.0. The van der Waals surface area contributed by atoms with Crippen LogP contribution < -0.4 is 0 Å². The lowest BCUT2D eigenvalue weighted by Crippen LogP contribution is -2.54. The molecule has 6 heteroatoms. The van der Waals surface area contributed by atoms with Gasteiger partial charge in [-0.2, -0.15) is 0 Å². The van der Waals surface area contributed by atoms with Gasteiger partial charge in [0, 0.05) is 32.7 Å². The quantitative estimate of drug-likeness (QED) is 0.866. The Morgan fingerprint density at radius 2 is 2.22 bits per heavy atom. The zero-order chi connectivity index (χ0) is 13.3. The average molecular weight is 253 g/mol. The minimum atomic E-state index is -1.08. The molecule has 0 bridgehead atoms. The zero-order valence-corrected chi connectivity index (χ0v) is 10.3. The Kier molecular flexibility index (Phi) is 3.38. The molecule has 0 radical (unpaired) electrons. The summed E-state index contributed by atoms with van der Waals surface area (Å²) in [5.74, 6) is -0.952. The van der Waals surface area contributed by atoms with Crippen molar-refractivity contribution in [2.75, 3.05) is 20.2 Å². The third-order valence-corrected chi connectivity index (χ3v) is 3.04. The Hall–Kier alpha value is -1.82. The first kappa shape index (κ1) is 12.6. The summed E-state index contributed by atoms with van der Waals surface area (Å²) in [6, 6.07) is 1.30. The fourth-order valence-corrected chi connectivity index (χ4v) is 1.89. The van der Waals surface area contributed by atoms with Gasteiger partial charge in [0.2, 0.25) is 0 Å². The van der Waals surface area contributed by atoms with E-state index >= 15 is 0 Å². The minimum Gasteiger partial charge on any atom is -0.478 e. The predicted molar refractivity (Wildman–Crippen MR) is 61.7 cm³/mol. The SMILES string of the molecule is CCc1oc(C(=O)N2CC(OC)C2)cc1C(=O)O. The Labute approximate surface area is 104 Å². The molecule has 0 unspecified atom stereocenters. The first-order chi connectivity index (χ1) is 8.56. The third kappa shape index (κ3) is 2.11. The lowest BCUT2D eigenvalue weighted by molar-refractivity contribution is -0.0206. The fourth-order valence-electron chi connectivity index (χ4n) is 1.89. The number of rotatable bonds is 4. The average Bonchev–Trinajstić information content (AvgIpc) is 2.71. The summed E-state index contributed by atoms with van der Waals surface area (Å²) in [6.07, 6.45) is 0.504. The Bertz CT molecular complexity index is 473. The van der Waals surface area contributed by atoms with Gasteiger partial charge in [0.05, 0.1) is 6.10 Å². The summed E-state index contributed by atoms with van der Waals surface area (Å²) in [4.78, 5) is 24.5. The molecular formula is C12H15NO5. The van der Waals surface area contributed by atoms with E-state index in [1.54, 1.807) is 18.9 Å². The van der Waals surface area contributed by atoms with Crippen molar-refractivity contribution < 1.29 is 23.8 Å². The molecule has 1 aliphatic heterocycles. The number of nitrogens with zero attached hydrogens (tertiary/aromatic N) is 1. The van der Waals surface area contributed by atoms with Gasteiger partial charge >= 0.3 is 5.97 Å². The third-order valence-electron chi connectivity index (χ3n) is 3.04. The number of aromatic carboxylic acids is 1. The van der Waals surface area contributed by atoms with E-state index in [0.29, 0.717) is 25.3 Å². The predicted octanol–water partition coefficient (Wildman–Crippen LogP) is 1.01. The number of carbonyl (C=O) groups is 2. The van der Waals surface area contributed by atoms with Gasteiger partial charge in [-0.15, -0.1) is 0 Å². The molecule has 98 valence electrons. The standard InChI is InChI=1S/C12H15NO5/c1-3-9-8(12(15)16)4-10(18-9)11(14)13-5-7(6-13)17-2/h4,7H,3,5-6H2,1-2H3,(H,15,16). The summed E-state index contributed by atoms with van der Waals surface area (Å²) in [6.45, 7) is 2.81. The highest BCUT2D eigenvalue weighted by Gasteiger charge is 2.33. The lowest BCUT2D eigenvalue weighted by atomic mass is 10.1. The summed E-state index contributed by atoms with van der Waals surface area (Å²) in [5, 5.41) is 8.98. The molecule has 1 amide bonds. The molecule has 1 aromatic heterocycles. The van der Waals surface area contributed by atoms with Gasteiger partial charge in [-0.05, 0) is 0 Å². The second kappa shape index (κ2) is 4.81. The van der Waals surface area contributed by atoms with Gasteiger partial charge in [0.25, 0.3) is 5.91 Å². The molecule has 1 saturated heterocycles. The molecule has 1 N–H and O–H groups in total. The topological polar surface area (TPSA) is 80.0 Å². The number of ether oxygens (including phenoxy) is 1. The number of methoxy groups -OCH3 is 1. The van der Waals surface area contributed by atoms with Crippen LogP contribution in [0.4, 0.5) is 0 Å². The molecule has 1 aromatic rings. The van der Waals surface area contributed by atoms with Crippen LogP contribution in [0.3, 0.4) is 0 Å². The van der Waals surface area contributed by atoms with Crippen molar-refractivity contribution in [3.63, 3.8) is 0 Å². The van der Waals surface area contributed by atoms with Crippen LogP contribution in [-0.2, 0) is 11.2 Å². The zero-order valence-electron chi connectivity index (χ0n) is 10.3. The van der Waals surface area contributed by atoms with Crippen molar-refractivity contribution in [2.24, 2.45) is 0 Å². The van der Waals surface area contributed by atoms with E-state index in [-0.39, 0.29) is 23.3 Å². The molecule has 1 aliphatic rings. The van der Waals surface area contributed by atoms with Gasteiger partial charge in [-0.25, -0.2) is 4.79 Å². The Morgan fingerprint density at radius 1 is 1.56 bits per heavy atom. The highest BCUT2D eigenvalue weighted by molar-refractivity contribution is 5.96. The van der Waals surface area contributed by atoms with Crippen molar-refractivity contribution >= 4 is 11.9 Å². The Balaban J connectivity index is 2.14. The van der Waals surface area contributed by atoms with Crippen LogP contribution in [0, 0.1) is 0 Å². The van der Waals surface area contributed by atoms with E-state index < -0.39 is 5.97 Å². The van der Waals surface area contributed by atoms with E-state index in [1.165, 1.54) is 6.07 Å². The summed E-state index contributed by atoms with van der Waals surface area (Å²) >= 11 is 0. The van der Waals surface area contributed by atoms with E-state index in [0.717, 1.165) is 0 Å². The number of hydrogen-bond donors (Lipinski definition) is 1. The van der Waals surface area contributed by atoms with Crippen LogP contribution in [0.2, 0.25) is 0 Å². The molecule has 0 aliphatic carbocycles. The van der Waals surface area contributed by atoms with Crippen molar-refractivity contribution in [2.45, 2.75) is 19.4 Å². The normalized spacial score (nSPS) is 15.6. The molecule has 0 saturated carbocycles. The number of carbonyl (C=O) groups excluding carboxylic acids is 1. The van der Waals surface area contributed by atoms with Gasteiger partial charge in [-0.3, -0.25) is 4.79 Å². The molecule has 18 heavy (non-hydrogen) atoms.